The van der Waals surface area contributed by atoms with E-state index in [2.05, 4.69) is 29.9 Å². The Hall–Kier alpha value is -3.80. The SMILES string of the molecule is Cc1cnc([C@@H](C)[C@H](C)S(=O)(=O)Nc2nnc(-c3cccnc3)n2-c2c(F)cccc2F)nc1. The van der Waals surface area contributed by atoms with Crippen LogP contribution in [0.1, 0.15) is 31.2 Å². The van der Waals surface area contributed by atoms with E-state index >= 15 is 0 Å². The minimum Gasteiger partial charge on any atom is -0.264 e. The van der Waals surface area contributed by atoms with Gasteiger partial charge in [-0.05, 0) is 43.7 Å². The predicted octanol–water partition coefficient (Wildman–Crippen LogP) is 3.64. The Kier molecular flexibility index (Phi) is 6.33. The number of anilines is 1. The van der Waals surface area contributed by atoms with E-state index in [1.165, 1.54) is 25.4 Å². The molecule has 0 saturated carbocycles. The molecule has 0 unspecified atom stereocenters. The summed E-state index contributed by atoms with van der Waals surface area (Å²) in [5.74, 6) is -2.43. The molecule has 12 heteroatoms. The van der Waals surface area contributed by atoms with Gasteiger partial charge in [-0.25, -0.2) is 27.2 Å². The smallest absolute Gasteiger partial charge is 0.243 e. The molecule has 176 valence electrons. The van der Waals surface area contributed by atoms with Crippen molar-refractivity contribution in [3.05, 3.63) is 78.1 Å². The van der Waals surface area contributed by atoms with Crippen LogP contribution in [-0.2, 0) is 10.0 Å². The molecule has 2 atom stereocenters. The number of para-hydroxylation sites is 1. The summed E-state index contributed by atoms with van der Waals surface area (Å²) in [5, 5.41) is 6.88. The third-order valence-corrected chi connectivity index (χ3v) is 7.23. The van der Waals surface area contributed by atoms with Gasteiger partial charge in [-0.3, -0.25) is 14.3 Å². The van der Waals surface area contributed by atoms with Crippen LogP contribution in [-0.4, -0.2) is 43.4 Å². The molecule has 9 nitrogen and oxygen atoms in total. The zero-order chi connectivity index (χ0) is 24.5. The molecule has 0 bridgehead atoms. The molecule has 0 fully saturated rings. The van der Waals surface area contributed by atoms with Crippen molar-refractivity contribution in [3.63, 3.8) is 0 Å². The lowest BCUT2D eigenvalue weighted by molar-refractivity contribution is 0.564. The molecule has 0 aliphatic heterocycles. The molecule has 4 rings (SSSR count). The first-order valence-electron chi connectivity index (χ1n) is 10.3. The fourth-order valence-corrected chi connectivity index (χ4v) is 4.52. The molecule has 34 heavy (non-hydrogen) atoms. The third-order valence-electron chi connectivity index (χ3n) is 5.38. The average molecular weight is 486 g/mol. The second kappa shape index (κ2) is 9.21. The highest BCUT2D eigenvalue weighted by atomic mass is 32.2. The van der Waals surface area contributed by atoms with Gasteiger partial charge in [0.1, 0.15) is 23.1 Å². The molecule has 4 aromatic rings. The number of halogens is 2. The van der Waals surface area contributed by atoms with Crippen molar-refractivity contribution in [1.29, 1.82) is 0 Å². The van der Waals surface area contributed by atoms with Gasteiger partial charge in [-0.1, -0.05) is 13.0 Å². The number of sulfonamides is 1. The topological polar surface area (TPSA) is 116 Å². The van der Waals surface area contributed by atoms with Crippen LogP contribution >= 0.6 is 0 Å². The van der Waals surface area contributed by atoms with Crippen LogP contribution in [0.3, 0.4) is 0 Å². The number of hydrogen-bond donors (Lipinski definition) is 1. The molecule has 3 heterocycles. The summed E-state index contributed by atoms with van der Waals surface area (Å²) in [6.07, 6.45) is 6.15. The van der Waals surface area contributed by atoms with Gasteiger partial charge in [0.05, 0.1) is 5.25 Å². The van der Waals surface area contributed by atoms with Crippen molar-refractivity contribution in [3.8, 4) is 17.1 Å². The summed E-state index contributed by atoms with van der Waals surface area (Å²) >= 11 is 0. The summed E-state index contributed by atoms with van der Waals surface area (Å²) in [7, 11) is -4.11. The van der Waals surface area contributed by atoms with Crippen molar-refractivity contribution in [2.24, 2.45) is 0 Å². The fraction of sp³-hybridized carbons (Fsp3) is 0.227. The molecule has 3 aromatic heterocycles. The lowest BCUT2D eigenvalue weighted by atomic mass is 10.1. The van der Waals surface area contributed by atoms with Gasteiger partial charge >= 0.3 is 0 Å². The average Bonchev–Trinajstić information content (AvgIpc) is 3.21. The summed E-state index contributed by atoms with van der Waals surface area (Å²) < 4.78 is 59.3. The highest BCUT2D eigenvalue weighted by Gasteiger charge is 2.32. The maximum atomic E-state index is 14.7. The van der Waals surface area contributed by atoms with E-state index in [4.69, 9.17) is 0 Å². The monoisotopic (exact) mass is 485 g/mol. The molecule has 1 aromatic carbocycles. The molecule has 0 aliphatic carbocycles. The molecule has 0 saturated heterocycles. The number of nitrogens with one attached hydrogen (secondary N) is 1. The van der Waals surface area contributed by atoms with Gasteiger partial charge in [0, 0.05) is 36.3 Å². The van der Waals surface area contributed by atoms with Crippen molar-refractivity contribution in [2.45, 2.75) is 31.9 Å². The zero-order valence-electron chi connectivity index (χ0n) is 18.5. The number of hydrogen-bond acceptors (Lipinski definition) is 7. The second-order valence-electron chi connectivity index (χ2n) is 7.75. The van der Waals surface area contributed by atoms with Crippen LogP contribution in [0.4, 0.5) is 14.7 Å². The molecule has 0 spiro atoms. The standard InChI is InChI=1S/C22H21F2N7O2S/c1-13-10-26-20(27-11-13)14(2)15(3)34(32,33)30-22-29-28-21(16-6-5-9-25-12-16)31(22)19-17(23)7-4-8-18(19)24/h4-12,14-15H,1-3H3,(H,29,30)/t14-,15-/m0/s1. The number of aromatic nitrogens is 6. The van der Waals surface area contributed by atoms with E-state index in [1.54, 1.807) is 31.5 Å². The van der Waals surface area contributed by atoms with Crippen molar-refractivity contribution >= 4 is 16.0 Å². The van der Waals surface area contributed by atoms with E-state index in [0.29, 0.717) is 11.4 Å². The number of pyridine rings is 1. The van der Waals surface area contributed by atoms with E-state index < -0.39 is 38.5 Å². The van der Waals surface area contributed by atoms with Gasteiger partial charge in [-0.15, -0.1) is 10.2 Å². The highest BCUT2D eigenvalue weighted by molar-refractivity contribution is 7.93. The Morgan fingerprint density at radius 1 is 0.971 bits per heavy atom. The minimum absolute atomic E-state index is 0.0115. The third kappa shape index (κ3) is 4.49. The number of aryl methyl sites for hydroxylation is 1. The fourth-order valence-electron chi connectivity index (χ4n) is 3.28. The van der Waals surface area contributed by atoms with Crippen LogP contribution in [0.15, 0.2) is 55.1 Å². The van der Waals surface area contributed by atoms with Crippen LogP contribution in [0.25, 0.3) is 17.1 Å². The first-order chi connectivity index (χ1) is 16.2. The van der Waals surface area contributed by atoms with Crippen LogP contribution < -0.4 is 4.72 Å². The van der Waals surface area contributed by atoms with E-state index in [-0.39, 0.29) is 11.8 Å². The Bertz CT molecular complexity index is 1390. The lowest BCUT2D eigenvalue weighted by Crippen LogP contribution is -2.31. The Balaban J connectivity index is 1.77. The Morgan fingerprint density at radius 2 is 1.65 bits per heavy atom. The molecule has 0 amide bonds. The molecular weight excluding hydrogens is 464 g/mol. The summed E-state index contributed by atoms with van der Waals surface area (Å²) in [6, 6.07) is 6.55. The van der Waals surface area contributed by atoms with Crippen LogP contribution in [0.5, 0.6) is 0 Å². The molecule has 1 N–H and O–H groups in total. The van der Waals surface area contributed by atoms with Gasteiger partial charge < -0.3 is 0 Å². The first kappa shape index (κ1) is 23.4. The quantitative estimate of drug-likeness (QED) is 0.425. The Labute approximate surface area is 195 Å². The second-order valence-corrected chi connectivity index (χ2v) is 9.79. The predicted molar refractivity (Wildman–Crippen MR) is 122 cm³/mol. The van der Waals surface area contributed by atoms with Gasteiger partial charge in [-0.2, -0.15) is 0 Å². The van der Waals surface area contributed by atoms with E-state index in [1.807, 2.05) is 6.92 Å². The Morgan fingerprint density at radius 3 is 2.26 bits per heavy atom. The van der Waals surface area contributed by atoms with Crippen molar-refractivity contribution in [1.82, 2.24) is 29.7 Å². The minimum atomic E-state index is -4.11. The maximum Gasteiger partial charge on any atom is 0.243 e. The van der Waals surface area contributed by atoms with E-state index in [9.17, 15) is 17.2 Å². The maximum absolute atomic E-state index is 14.7. The van der Waals surface area contributed by atoms with Gasteiger partial charge in [0.25, 0.3) is 0 Å². The molecule has 0 aliphatic rings. The number of rotatable bonds is 7. The number of benzene rings is 1. The highest BCUT2D eigenvalue weighted by Crippen LogP contribution is 2.30. The normalized spacial score (nSPS) is 13.4. The van der Waals surface area contributed by atoms with Crippen LogP contribution in [0, 0.1) is 18.6 Å². The lowest BCUT2D eigenvalue weighted by Gasteiger charge is -2.20. The van der Waals surface area contributed by atoms with Crippen molar-refractivity contribution < 1.29 is 17.2 Å². The first-order valence-corrected chi connectivity index (χ1v) is 11.8. The summed E-state index contributed by atoms with van der Waals surface area (Å²) in [5.41, 5.74) is 0.705. The van der Waals surface area contributed by atoms with Crippen LogP contribution in [0.2, 0.25) is 0 Å². The van der Waals surface area contributed by atoms with Crippen molar-refractivity contribution in [2.75, 3.05) is 4.72 Å². The van der Waals surface area contributed by atoms with Gasteiger partial charge in [0.2, 0.25) is 16.0 Å². The zero-order valence-corrected chi connectivity index (χ0v) is 19.3. The number of nitrogens with zero attached hydrogens (tertiary/aromatic N) is 6. The molecule has 0 radical (unpaired) electrons. The summed E-state index contributed by atoms with van der Waals surface area (Å²) in [4.78, 5) is 12.4. The van der Waals surface area contributed by atoms with E-state index in [0.717, 1.165) is 22.3 Å². The van der Waals surface area contributed by atoms with Gasteiger partial charge in [0.15, 0.2) is 5.82 Å². The molecular formula is C22H21F2N7O2S. The largest absolute Gasteiger partial charge is 0.264 e. The summed E-state index contributed by atoms with van der Waals surface area (Å²) in [6.45, 7) is 4.99.